The molecule has 2 aromatic rings. The van der Waals surface area contributed by atoms with Crippen LogP contribution in [0.15, 0.2) is 35.6 Å². The maximum atomic E-state index is 12.3. The van der Waals surface area contributed by atoms with Crippen molar-refractivity contribution in [3.8, 4) is 0 Å². The summed E-state index contributed by atoms with van der Waals surface area (Å²) in [5.74, 6) is 1.28. The number of carbonyl (C=O) groups is 1. The molecule has 0 spiro atoms. The first-order valence-corrected chi connectivity index (χ1v) is 7.03. The molecule has 2 aliphatic rings. The van der Waals surface area contributed by atoms with Gasteiger partial charge in [-0.25, -0.2) is 4.98 Å². The second kappa shape index (κ2) is 4.60. The number of benzene rings is 1. The van der Waals surface area contributed by atoms with Crippen LogP contribution in [0.4, 0.5) is 5.82 Å². The van der Waals surface area contributed by atoms with E-state index in [0.29, 0.717) is 42.1 Å². The van der Waals surface area contributed by atoms with E-state index in [0.717, 1.165) is 5.56 Å². The minimum atomic E-state index is -0.0927. The van der Waals surface area contributed by atoms with Crippen molar-refractivity contribution in [1.82, 2.24) is 14.9 Å². The number of guanidine groups is 1. The first kappa shape index (κ1) is 12.4. The molecule has 0 bridgehead atoms. The number of hydrogen-bond donors (Lipinski definition) is 1. The zero-order chi connectivity index (χ0) is 14.4. The molecule has 7 heteroatoms. The standard InChI is InChI=1S/C14H12ClN5O/c15-10-3-1-2-9(6-10)7-20-12-11(17-8-18-12)13(21)19-5-4-16-14(19)20/h1-3,6,8H,4-5,7H2,(H,17,18). The first-order chi connectivity index (χ1) is 10.2. The molecule has 2 aliphatic heterocycles. The largest absolute Gasteiger partial charge is 0.330 e. The number of nitrogens with zero attached hydrogens (tertiary/aromatic N) is 4. The van der Waals surface area contributed by atoms with Crippen molar-refractivity contribution in [2.75, 3.05) is 18.0 Å². The summed E-state index contributed by atoms with van der Waals surface area (Å²) < 4.78 is 0. The Morgan fingerprint density at radius 1 is 1.38 bits per heavy atom. The van der Waals surface area contributed by atoms with E-state index >= 15 is 0 Å². The molecule has 0 radical (unpaired) electrons. The maximum Gasteiger partial charge on any atom is 0.283 e. The smallest absolute Gasteiger partial charge is 0.283 e. The fraction of sp³-hybridized carbons (Fsp3) is 0.214. The average molecular weight is 302 g/mol. The van der Waals surface area contributed by atoms with Gasteiger partial charge in [-0.2, -0.15) is 0 Å². The van der Waals surface area contributed by atoms with Crippen LogP contribution >= 0.6 is 11.6 Å². The average Bonchev–Trinajstić information content (AvgIpc) is 3.13. The van der Waals surface area contributed by atoms with E-state index in [2.05, 4.69) is 15.0 Å². The number of imidazole rings is 1. The second-order valence-electron chi connectivity index (χ2n) is 4.95. The molecule has 0 saturated heterocycles. The van der Waals surface area contributed by atoms with Crippen LogP contribution in [0, 0.1) is 0 Å². The van der Waals surface area contributed by atoms with Gasteiger partial charge in [0, 0.05) is 11.6 Å². The van der Waals surface area contributed by atoms with E-state index in [9.17, 15) is 4.79 Å². The number of nitrogens with one attached hydrogen (secondary N) is 1. The lowest BCUT2D eigenvalue weighted by Crippen LogP contribution is -2.49. The predicted molar refractivity (Wildman–Crippen MR) is 79.6 cm³/mol. The van der Waals surface area contributed by atoms with Crippen molar-refractivity contribution in [3.05, 3.63) is 46.9 Å². The van der Waals surface area contributed by atoms with Gasteiger partial charge in [-0.1, -0.05) is 23.7 Å². The Labute approximate surface area is 126 Å². The Morgan fingerprint density at radius 3 is 3.14 bits per heavy atom. The molecule has 1 aromatic heterocycles. The maximum absolute atomic E-state index is 12.3. The number of hydrogen-bond acceptors (Lipinski definition) is 4. The van der Waals surface area contributed by atoms with E-state index in [1.165, 1.54) is 6.33 Å². The highest BCUT2D eigenvalue weighted by atomic mass is 35.5. The number of anilines is 1. The van der Waals surface area contributed by atoms with Crippen molar-refractivity contribution in [2.45, 2.75) is 6.54 Å². The van der Waals surface area contributed by atoms with E-state index in [1.54, 1.807) is 4.90 Å². The second-order valence-corrected chi connectivity index (χ2v) is 5.39. The molecule has 0 unspecified atom stereocenters. The van der Waals surface area contributed by atoms with Crippen LogP contribution < -0.4 is 4.90 Å². The Hall–Kier alpha value is -2.34. The molecule has 3 heterocycles. The number of aromatic amines is 1. The number of halogens is 1. The van der Waals surface area contributed by atoms with Gasteiger partial charge in [0.15, 0.2) is 5.69 Å². The van der Waals surface area contributed by atoms with Gasteiger partial charge in [0.05, 0.1) is 19.4 Å². The van der Waals surface area contributed by atoms with E-state index in [4.69, 9.17) is 11.6 Å². The minimum Gasteiger partial charge on any atom is -0.330 e. The van der Waals surface area contributed by atoms with Crippen molar-refractivity contribution < 1.29 is 4.79 Å². The van der Waals surface area contributed by atoms with Crippen molar-refractivity contribution >= 4 is 29.3 Å². The van der Waals surface area contributed by atoms with E-state index in [-0.39, 0.29) is 5.91 Å². The lowest BCUT2D eigenvalue weighted by molar-refractivity contribution is 0.0846. The molecule has 0 fully saturated rings. The number of amides is 1. The quantitative estimate of drug-likeness (QED) is 0.921. The van der Waals surface area contributed by atoms with E-state index < -0.39 is 0 Å². The highest BCUT2D eigenvalue weighted by Gasteiger charge is 2.39. The number of aromatic nitrogens is 2. The molecule has 6 nitrogen and oxygen atoms in total. The van der Waals surface area contributed by atoms with Gasteiger partial charge in [0.2, 0.25) is 5.96 Å². The third-order valence-electron chi connectivity index (χ3n) is 3.63. The number of rotatable bonds is 2. The number of aliphatic imine (C=N–C) groups is 1. The molecule has 1 aromatic carbocycles. The van der Waals surface area contributed by atoms with Gasteiger partial charge >= 0.3 is 0 Å². The summed E-state index contributed by atoms with van der Waals surface area (Å²) in [6.45, 7) is 1.81. The number of carbonyl (C=O) groups excluding carboxylic acids is 1. The summed E-state index contributed by atoms with van der Waals surface area (Å²) >= 11 is 6.04. The van der Waals surface area contributed by atoms with Crippen molar-refractivity contribution in [2.24, 2.45) is 4.99 Å². The van der Waals surface area contributed by atoms with Crippen LogP contribution in [0.5, 0.6) is 0 Å². The Morgan fingerprint density at radius 2 is 2.29 bits per heavy atom. The molecule has 1 amide bonds. The predicted octanol–water partition coefficient (Wildman–Crippen LogP) is 1.90. The SMILES string of the molecule is O=C1c2nc[nH]c2N(Cc2cccc(Cl)c2)C2=NCCN12. The Kier molecular flexibility index (Phi) is 2.71. The molecular weight excluding hydrogens is 290 g/mol. The molecule has 0 saturated carbocycles. The van der Waals surface area contributed by atoms with Gasteiger partial charge < -0.3 is 4.98 Å². The van der Waals surface area contributed by atoms with Crippen LogP contribution in [0.3, 0.4) is 0 Å². The molecule has 106 valence electrons. The highest BCUT2D eigenvalue weighted by Crippen LogP contribution is 2.29. The fourth-order valence-corrected chi connectivity index (χ4v) is 2.92. The topological polar surface area (TPSA) is 64.6 Å². The summed E-state index contributed by atoms with van der Waals surface area (Å²) in [6.07, 6.45) is 1.54. The van der Waals surface area contributed by atoms with Crippen LogP contribution in [0.1, 0.15) is 16.1 Å². The molecule has 4 rings (SSSR count). The molecule has 0 atom stereocenters. The molecule has 1 N–H and O–H groups in total. The minimum absolute atomic E-state index is 0.0927. The Bertz CT molecular complexity index is 753. The monoisotopic (exact) mass is 301 g/mol. The van der Waals surface area contributed by atoms with Gasteiger partial charge in [-0.05, 0) is 17.7 Å². The molecule has 0 aliphatic carbocycles. The normalized spacial score (nSPS) is 16.8. The summed E-state index contributed by atoms with van der Waals surface area (Å²) in [6, 6.07) is 7.66. The summed E-state index contributed by atoms with van der Waals surface area (Å²) in [5.41, 5.74) is 1.49. The van der Waals surface area contributed by atoms with Crippen molar-refractivity contribution in [1.29, 1.82) is 0 Å². The molecule has 21 heavy (non-hydrogen) atoms. The van der Waals surface area contributed by atoms with E-state index in [1.807, 2.05) is 29.2 Å². The van der Waals surface area contributed by atoms with Crippen LogP contribution in [0.2, 0.25) is 5.02 Å². The molecular formula is C14H12ClN5O. The third kappa shape index (κ3) is 1.91. The van der Waals surface area contributed by atoms with Crippen LogP contribution in [-0.2, 0) is 6.54 Å². The zero-order valence-electron chi connectivity index (χ0n) is 11.1. The summed E-state index contributed by atoms with van der Waals surface area (Å²) in [4.78, 5) is 27.6. The van der Waals surface area contributed by atoms with Crippen LogP contribution in [-0.4, -0.2) is 39.8 Å². The Balaban J connectivity index is 1.76. The third-order valence-corrected chi connectivity index (χ3v) is 3.86. The van der Waals surface area contributed by atoms with Crippen molar-refractivity contribution in [3.63, 3.8) is 0 Å². The lowest BCUT2D eigenvalue weighted by Gasteiger charge is -2.33. The number of H-pyrrole nitrogens is 1. The lowest BCUT2D eigenvalue weighted by atomic mass is 10.2. The first-order valence-electron chi connectivity index (χ1n) is 6.66. The number of fused-ring (bicyclic) bond motifs is 2. The summed E-state index contributed by atoms with van der Waals surface area (Å²) in [7, 11) is 0. The summed E-state index contributed by atoms with van der Waals surface area (Å²) in [5, 5.41) is 0.690. The highest BCUT2D eigenvalue weighted by molar-refractivity contribution is 6.30. The van der Waals surface area contributed by atoms with Gasteiger partial charge in [0.1, 0.15) is 5.82 Å². The van der Waals surface area contributed by atoms with Gasteiger partial charge in [-0.15, -0.1) is 0 Å². The zero-order valence-corrected chi connectivity index (χ0v) is 11.8. The van der Waals surface area contributed by atoms with Crippen LogP contribution in [0.25, 0.3) is 0 Å². The fourth-order valence-electron chi connectivity index (χ4n) is 2.70. The van der Waals surface area contributed by atoms with Gasteiger partial charge in [0.25, 0.3) is 5.91 Å². The van der Waals surface area contributed by atoms with Gasteiger partial charge in [-0.3, -0.25) is 19.6 Å².